The minimum Gasteiger partial charge on any atom is -0.489 e. The topological polar surface area (TPSA) is 76.4 Å². The number of fused-ring (bicyclic) bond motifs is 1. The maximum Gasteiger partial charge on any atom is 0.206 e. The van der Waals surface area contributed by atoms with Crippen molar-refractivity contribution in [2.24, 2.45) is 0 Å². The third-order valence-electron chi connectivity index (χ3n) is 5.78. The molecule has 1 aromatic heterocycles. The lowest BCUT2D eigenvalue weighted by molar-refractivity contribution is 0.0917. The molecule has 0 saturated heterocycles. The van der Waals surface area contributed by atoms with Crippen LogP contribution in [0.25, 0.3) is 10.1 Å². The fourth-order valence-corrected chi connectivity index (χ4v) is 4.97. The van der Waals surface area contributed by atoms with E-state index in [9.17, 15) is 9.59 Å². The summed E-state index contributed by atoms with van der Waals surface area (Å²) in [5.74, 6) is 0.536. The molecule has 0 spiro atoms. The molecule has 0 N–H and O–H groups in total. The first-order valence-corrected chi connectivity index (χ1v) is 12.4. The zero-order valence-corrected chi connectivity index (χ0v) is 20.5. The van der Waals surface area contributed by atoms with E-state index in [1.165, 1.54) is 11.3 Å². The Morgan fingerprint density at radius 3 is 2.32 bits per heavy atom. The molecule has 0 aliphatic heterocycles. The summed E-state index contributed by atoms with van der Waals surface area (Å²) in [7, 11) is 0. The zero-order valence-electron chi connectivity index (χ0n) is 19.7. The lowest BCUT2D eigenvalue weighted by Crippen LogP contribution is -2.13. The molecule has 0 aliphatic rings. The second-order valence-electron chi connectivity index (χ2n) is 8.29. The second-order valence-corrected chi connectivity index (χ2v) is 9.34. The molecular formula is C31H21NO4S. The quantitative estimate of drug-likeness (QED) is 0.206. The molecule has 0 bridgehead atoms. The molecule has 0 amide bonds. The van der Waals surface area contributed by atoms with Gasteiger partial charge in [0.2, 0.25) is 5.78 Å². The molecule has 4 aromatic carbocycles. The van der Waals surface area contributed by atoms with Crippen LogP contribution in [0.2, 0.25) is 0 Å². The van der Waals surface area contributed by atoms with Crippen molar-refractivity contribution in [3.8, 4) is 17.6 Å². The van der Waals surface area contributed by atoms with Gasteiger partial charge in [0.25, 0.3) is 0 Å². The number of hydrogen-bond acceptors (Lipinski definition) is 6. The SMILES string of the molecule is N#Cc1ccc(C(=O)c2sc3ccccc3c2OCC(=O)c2cccc(OCc3ccccc3)c2)cc1. The lowest BCUT2D eigenvalue weighted by atomic mass is 10.1. The Kier molecular flexibility index (Phi) is 7.07. The van der Waals surface area contributed by atoms with Crippen molar-refractivity contribution in [2.45, 2.75) is 6.61 Å². The molecule has 6 heteroatoms. The molecule has 0 fully saturated rings. The molecule has 5 rings (SSSR count). The Labute approximate surface area is 218 Å². The number of hydrogen-bond donors (Lipinski definition) is 0. The summed E-state index contributed by atoms with van der Waals surface area (Å²) in [5.41, 5.74) is 2.42. The molecule has 5 aromatic rings. The van der Waals surface area contributed by atoms with Crippen LogP contribution in [0.1, 0.15) is 36.7 Å². The standard InChI is InChI=1S/C31H21NO4S/c32-18-21-13-15-23(16-14-21)29(34)31-30(26-11-4-5-12-28(26)37-31)36-20-27(33)24-9-6-10-25(17-24)35-19-22-7-2-1-3-8-22/h1-17H,19-20H2. The van der Waals surface area contributed by atoms with Crippen molar-refractivity contribution in [2.75, 3.05) is 6.61 Å². The van der Waals surface area contributed by atoms with E-state index in [2.05, 4.69) is 6.07 Å². The van der Waals surface area contributed by atoms with Gasteiger partial charge in [0.15, 0.2) is 12.4 Å². The Balaban J connectivity index is 1.34. The van der Waals surface area contributed by atoms with Crippen LogP contribution in [0.15, 0.2) is 103 Å². The van der Waals surface area contributed by atoms with Gasteiger partial charge in [0, 0.05) is 21.2 Å². The van der Waals surface area contributed by atoms with Crippen LogP contribution in [0, 0.1) is 11.3 Å². The van der Waals surface area contributed by atoms with Crippen molar-refractivity contribution in [3.63, 3.8) is 0 Å². The largest absolute Gasteiger partial charge is 0.489 e. The number of ketones is 2. The van der Waals surface area contributed by atoms with E-state index in [-0.39, 0.29) is 18.2 Å². The third-order valence-corrected chi connectivity index (χ3v) is 6.94. The van der Waals surface area contributed by atoms with Gasteiger partial charge in [-0.05, 0) is 54.1 Å². The fraction of sp³-hybridized carbons (Fsp3) is 0.0645. The highest BCUT2D eigenvalue weighted by Gasteiger charge is 2.22. The average molecular weight is 504 g/mol. The van der Waals surface area contributed by atoms with Crippen LogP contribution >= 0.6 is 11.3 Å². The van der Waals surface area contributed by atoms with Gasteiger partial charge in [0.05, 0.1) is 11.6 Å². The zero-order chi connectivity index (χ0) is 25.6. The highest BCUT2D eigenvalue weighted by atomic mass is 32.1. The maximum atomic E-state index is 13.3. The first kappa shape index (κ1) is 24.0. The summed E-state index contributed by atoms with van der Waals surface area (Å²) in [4.78, 5) is 26.8. The van der Waals surface area contributed by atoms with Gasteiger partial charge >= 0.3 is 0 Å². The summed E-state index contributed by atoms with van der Waals surface area (Å²) in [6.07, 6.45) is 0. The van der Waals surface area contributed by atoms with Crippen molar-refractivity contribution in [3.05, 3.63) is 130 Å². The molecule has 0 atom stereocenters. The van der Waals surface area contributed by atoms with Gasteiger partial charge in [-0.1, -0.05) is 54.6 Å². The van der Waals surface area contributed by atoms with Gasteiger partial charge in [-0.15, -0.1) is 11.3 Å². The van der Waals surface area contributed by atoms with E-state index in [0.29, 0.717) is 39.7 Å². The number of nitriles is 1. The number of rotatable bonds is 9. The highest BCUT2D eigenvalue weighted by molar-refractivity contribution is 7.21. The number of carbonyl (C=O) groups excluding carboxylic acids is 2. The van der Waals surface area contributed by atoms with Crippen molar-refractivity contribution in [1.29, 1.82) is 5.26 Å². The summed E-state index contributed by atoms with van der Waals surface area (Å²) >= 11 is 1.32. The molecule has 1 heterocycles. The average Bonchev–Trinajstić information content (AvgIpc) is 3.33. The first-order valence-electron chi connectivity index (χ1n) is 11.6. The summed E-state index contributed by atoms with van der Waals surface area (Å²) in [5, 5.41) is 9.82. The van der Waals surface area contributed by atoms with E-state index < -0.39 is 0 Å². The minimum atomic E-state index is -0.226. The van der Waals surface area contributed by atoms with Crippen LogP contribution in [0.5, 0.6) is 11.5 Å². The molecular weight excluding hydrogens is 482 g/mol. The monoisotopic (exact) mass is 503 g/mol. The van der Waals surface area contributed by atoms with Crippen molar-refractivity contribution < 1.29 is 19.1 Å². The Hall–Kier alpha value is -4.73. The normalized spacial score (nSPS) is 10.6. The molecule has 0 aliphatic carbocycles. The van der Waals surface area contributed by atoms with Crippen LogP contribution < -0.4 is 9.47 Å². The second kappa shape index (κ2) is 10.9. The van der Waals surface area contributed by atoms with Crippen LogP contribution in [0.4, 0.5) is 0 Å². The predicted octanol–water partition coefficient (Wildman–Crippen LogP) is 6.84. The predicted molar refractivity (Wildman–Crippen MR) is 143 cm³/mol. The van der Waals surface area contributed by atoms with Gasteiger partial charge in [-0.2, -0.15) is 5.26 Å². The summed E-state index contributed by atoms with van der Waals surface area (Å²) in [6.45, 7) is 0.174. The van der Waals surface area contributed by atoms with Crippen LogP contribution in [-0.4, -0.2) is 18.2 Å². The number of nitrogens with zero attached hydrogens (tertiary/aromatic N) is 1. The molecule has 0 radical (unpaired) electrons. The highest BCUT2D eigenvalue weighted by Crippen LogP contribution is 2.39. The third kappa shape index (κ3) is 5.43. The molecule has 37 heavy (non-hydrogen) atoms. The van der Waals surface area contributed by atoms with Crippen molar-refractivity contribution in [1.82, 2.24) is 0 Å². The number of carbonyl (C=O) groups is 2. The van der Waals surface area contributed by atoms with E-state index >= 15 is 0 Å². The smallest absolute Gasteiger partial charge is 0.206 e. The van der Waals surface area contributed by atoms with E-state index in [1.54, 1.807) is 48.5 Å². The van der Waals surface area contributed by atoms with Gasteiger partial charge < -0.3 is 9.47 Å². The summed E-state index contributed by atoms with van der Waals surface area (Å²) in [6, 6.07) is 32.9. The van der Waals surface area contributed by atoms with Gasteiger partial charge in [-0.25, -0.2) is 0 Å². The Morgan fingerprint density at radius 1 is 0.784 bits per heavy atom. The van der Waals surface area contributed by atoms with Gasteiger partial charge in [0.1, 0.15) is 23.0 Å². The Bertz CT molecular complexity index is 1620. The fourth-order valence-electron chi connectivity index (χ4n) is 3.86. The van der Waals surface area contributed by atoms with E-state index in [4.69, 9.17) is 14.7 Å². The van der Waals surface area contributed by atoms with E-state index in [0.717, 1.165) is 15.6 Å². The first-order chi connectivity index (χ1) is 18.1. The van der Waals surface area contributed by atoms with Crippen LogP contribution in [-0.2, 0) is 6.61 Å². The molecule has 0 unspecified atom stereocenters. The lowest BCUT2D eigenvalue weighted by Gasteiger charge is -2.10. The molecule has 180 valence electrons. The van der Waals surface area contributed by atoms with Gasteiger partial charge in [-0.3, -0.25) is 9.59 Å². The Morgan fingerprint density at radius 2 is 1.54 bits per heavy atom. The number of ether oxygens (including phenoxy) is 2. The molecule has 0 saturated carbocycles. The maximum absolute atomic E-state index is 13.3. The number of thiophene rings is 1. The van der Waals surface area contributed by atoms with E-state index in [1.807, 2.05) is 54.6 Å². The van der Waals surface area contributed by atoms with Crippen LogP contribution in [0.3, 0.4) is 0 Å². The number of benzene rings is 4. The number of Topliss-reactive ketones (excluding diaryl/α,β-unsaturated/α-hetero) is 1. The van der Waals surface area contributed by atoms with Crippen molar-refractivity contribution >= 4 is 33.0 Å². The summed E-state index contributed by atoms with van der Waals surface area (Å²) < 4.78 is 12.7. The molecule has 5 nitrogen and oxygen atoms in total. The minimum absolute atomic E-state index is 0.218.